The van der Waals surface area contributed by atoms with Gasteiger partial charge in [-0.2, -0.15) is 0 Å². The molecule has 2 aromatic rings. The predicted molar refractivity (Wildman–Crippen MR) is 100 cm³/mol. The Morgan fingerprint density at radius 1 is 1.12 bits per heavy atom. The number of amides is 1. The van der Waals surface area contributed by atoms with Gasteiger partial charge in [-0.3, -0.25) is 4.79 Å². The van der Waals surface area contributed by atoms with E-state index in [1.165, 1.54) is 12.1 Å². The molecule has 0 aliphatic carbocycles. The lowest BCUT2D eigenvalue weighted by Gasteiger charge is -2.20. The van der Waals surface area contributed by atoms with Crippen LogP contribution < -0.4 is 10.2 Å². The lowest BCUT2D eigenvalue weighted by Crippen LogP contribution is -2.22. The summed E-state index contributed by atoms with van der Waals surface area (Å²) in [6.07, 6.45) is 0. The largest absolute Gasteiger partial charge is 0.452 e. The molecule has 0 bridgehead atoms. The summed E-state index contributed by atoms with van der Waals surface area (Å²) < 4.78 is 18.6. The minimum Gasteiger partial charge on any atom is -0.452 e. The van der Waals surface area contributed by atoms with Gasteiger partial charge in [0.1, 0.15) is 5.82 Å². The Kier molecular flexibility index (Phi) is 6.97. The minimum absolute atomic E-state index is 0.0287. The number of esters is 1. The van der Waals surface area contributed by atoms with Crippen molar-refractivity contribution in [3.05, 3.63) is 58.9 Å². The zero-order valence-electron chi connectivity index (χ0n) is 14.6. The van der Waals surface area contributed by atoms with E-state index in [1.54, 1.807) is 12.1 Å². The van der Waals surface area contributed by atoms with Crippen LogP contribution in [-0.4, -0.2) is 31.6 Å². The van der Waals surface area contributed by atoms with Crippen molar-refractivity contribution in [2.75, 3.05) is 29.9 Å². The highest BCUT2D eigenvalue weighted by molar-refractivity contribution is 6.30. The Balaban J connectivity index is 1.90. The van der Waals surface area contributed by atoms with Gasteiger partial charge in [-0.15, -0.1) is 0 Å². The van der Waals surface area contributed by atoms with E-state index in [1.807, 2.05) is 26.0 Å². The molecule has 0 saturated carbocycles. The molecule has 0 unspecified atom stereocenters. The second-order valence-corrected chi connectivity index (χ2v) is 5.90. The van der Waals surface area contributed by atoms with Crippen LogP contribution in [0.1, 0.15) is 24.2 Å². The van der Waals surface area contributed by atoms with E-state index in [0.29, 0.717) is 5.56 Å². The summed E-state index contributed by atoms with van der Waals surface area (Å²) in [6, 6.07) is 10.8. The normalized spacial score (nSPS) is 10.3. The SMILES string of the molecule is CCN(CC)c1ccc(C(=O)OCC(=O)Nc2ccc(Cl)cc2F)cc1. The van der Waals surface area contributed by atoms with Crippen molar-refractivity contribution in [3.63, 3.8) is 0 Å². The molecule has 0 saturated heterocycles. The van der Waals surface area contributed by atoms with Crippen LogP contribution in [0, 0.1) is 5.82 Å². The number of halogens is 2. The Bertz CT molecular complexity index is 777. The van der Waals surface area contributed by atoms with E-state index >= 15 is 0 Å². The number of benzene rings is 2. The molecule has 26 heavy (non-hydrogen) atoms. The summed E-state index contributed by atoms with van der Waals surface area (Å²) in [5.74, 6) is -1.92. The zero-order chi connectivity index (χ0) is 19.1. The van der Waals surface area contributed by atoms with Gasteiger partial charge in [0.15, 0.2) is 6.61 Å². The van der Waals surface area contributed by atoms with E-state index < -0.39 is 24.3 Å². The van der Waals surface area contributed by atoms with E-state index in [0.717, 1.165) is 24.8 Å². The first-order chi connectivity index (χ1) is 12.4. The van der Waals surface area contributed by atoms with Gasteiger partial charge in [-0.1, -0.05) is 11.6 Å². The average Bonchev–Trinajstić information content (AvgIpc) is 2.63. The van der Waals surface area contributed by atoms with Crippen LogP contribution >= 0.6 is 11.6 Å². The molecule has 5 nitrogen and oxygen atoms in total. The first-order valence-corrected chi connectivity index (χ1v) is 8.59. The van der Waals surface area contributed by atoms with Crippen molar-refractivity contribution >= 4 is 34.9 Å². The third kappa shape index (κ3) is 5.20. The van der Waals surface area contributed by atoms with Crippen LogP contribution in [0.25, 0.3) is 0 Å². The maximum atomic E-state index is 13.6. The third-order valence-corrected chi connectivity index (χ3v) is 4.01. The molecular formula is C19H20ClFN2O3. The molecule has 0 heterocycles. The number of hydrogen-bond donors (Lipinski definition) is 1. The molecule has 2 rings (SSSR count). The van der Waals surface area contributed by atoms with Crippen LogP contribution in [0.4, 0.5) is 15.8 Å². The number of rotatable bonds is 7. The lowest BCUT2D eigenvalue weighted by atomic mass is 10.2. The number of hydrogen-bond acceptors (Lipinski definition) is 4. The third-order valence-electron chi connectivity index (χ3n) is 3.77. The second kappa shape index (κ2) is 9.20. The van der Waals surface area contributed by atoms with Crippen molar-refractivity contribution in [3.8, 4) is 0 Å². The number of ether oxygens (including phenoxy) is 1. The Morgan fingerprint density at radius 2 is 1.77 bits per heavy atom. The molecule has 138 valence electrons. The van der Waals surface area contributed by atoms with Gasteiger partial charge in [-0.25, -0.2) is 9.18 Å². The summed E-state index contributed by atoms with van der Waals surface area (Å²) in [6.45, 7) is 5.31. The maximum Gasteiger partial charge on any atom is 0.338 e. The van der Waals surface area contributed by atoms with Crippen LogP contribution in [0.2, 0.25) is 5.02 Å². The number of carbonyl (C=O) groups excluding carboxylic acids is 2. The lowest BCUT2D eigenvalue weighted by molar-refractivity contribution is -0.119. The number of nitrogens with zero attached hydrogens (tertiary/aromatic N) is 1. The first-order valence-electron chi connectivity index (χ1n) is 8.21. The van der Waals surface area contributed by atoms with Crippen molar-refractivity contribution in [2.24, 2.45) is 0 Å². The molecule has 0 aliphatic heterocycles. The molecule has 0 atom stereocenters. The average molecular weight is 379 g/mol. The molecule has 7 heteroatoms. The predicted octanol–water partition coefficient (Wildman–Crippen LogP) is 4.12. The Morgan fingerprint density at radius 3 is 2.35 bits per heavy atom. The number of carbonyl (C=O) groups is 2. The van der Waals surface area contributed by atoms with Gasteiger partial charge in [0, 0.05) is 23.8 Å². The molecule has 2 aromatic carbocycles. The van der Waals surface area contributed by atoms with Gasteiger partial charge >= 0.3 is 5.97 Å². The van der Waals surface area contributed by atoms with Crippen LogP contribution in [0.3, 0.4) is 0 Å². The fraction of sp³-hybridized carbons (Fsp3) is 0.263. The summed E-state index contributed by atoms with van der Waals surface area (Å²) in [5.41, 5.74) is 1.31. The van der Waals surface area contributed by atoms with Crippen molar-refractivity contribution in [1.82, 2.24) is 0 Å². The second-order valence-electron chi connectivity index (χ2n) is 5.47. The molecular weight excluding hydrogens is 359 g/mol. The molecule has 1 N–H and O–H groups in total. The van der Waals surface area contributed by atoms with Crippen molar-refractivity contribution in [2.45, 2.75) is 13.8 Å². The van der Waals surface area contributed by atoms with E-state index in [4.69, 9.17) is 16.3 Å². The van der Waals surface area contributed by atoms with Gasteiger partial charge in [0.2, 0.25) is 0 Å². The molecule has 0 spiro atoms. The summed E-state index contributed by atoms with van der Waals surface area (Å²) in [5, 5.41) is 2.55. The summed E-state index contributed by atoms with van der Waals surface area (Å²) in [7, 11) is 0. The van der Waals surface area contributed by atoms with Crippen molar-refractivity contribution in [1.29, 1.82) is 0 Å². The van der Waals surface area contributed by atoms with Crippen molar-refractivity contribution < 1.29 is 18.7 Å². The Labute approximate surface area is 156 Å². The highest BCUT2D eigenvalue weighted by Crippen LogP contribution is 2.19. The van der Waals surface area contributed by atoms with E-state index in [2.05, 4.69) is 10.2 Å². The molecule has 1 amide bonds. The van der Waals surface area contributed by atoms with Gasteiger partial charge in [-0.05, 0) is 56.3 Å². The van der Waals surface area contributed by atoms with Crippen LogP contribution in [-0.2, 0) is 9.53 Å². The molecule has 0 aliphatic rings. The number of nitrogens with one attached hydrogen (secondary N) is 1. The molecule has 0 radical (unpaired) electrons. The highest BCUT2D eigenvalue weighted by atomic mass is 35.5. The topological polar surface area (TPSA) is 58.6 Å². The monoisotopic (exact) mass is 378 g/mol. The smallest absolute Gasteiger partial charge is 0.338 e. The summed E-state index contributed by atoms with van der Waals surface area (Å²) >= 11 is 5.65. The van der Waals surface area contributed by atoms with Gasteiger partial charge < -0.3 is 15.0 Å². The van der Waals surface area contributed by atoms with Gasteiger partial charge in [0.25, 0.3) is 5.91 Å². The number of anilines is 2. The standard InChI is InChI=1S/C19H20ClFN2O3/c1-3-23(4-2)15-8-5-13(6-9-15)19(25)26-12-18(24)22-17-10-7-14(20)11-16(17)21/h5-11H,3-4,12H2,1-2H3,(H,22,24). The highest BCUT2D eigenvalue weighted by Gasteiger charge is 2.13. The van der Waals surface area contributed by atoms with Gasteiger partial charge in [0.05, 0.1) is 11.3 Å². The maximum absolute atomic E-state index is 13.6. The fourth-order valence-corrected chi connectivity index (χ4v) is 2.55. The summed E-state index contributed by atoms with van der Waals surface area (Å²) in [4.78, 5) is 26.0. The Hall–Kier alpha value is -2.60. The molecule has 0 fully saturated rings. The van der Waals surface area contributed by atoms with E-state index in [-0.39, 0.29) is 10.7 Å². The molecule has 0 aromatic heterocycles. The first kappa shape index (κ1) is 19.7. The zero-order valence-corrected chi connectivity index (χ0v) is 15.3. The minimum atomic E-state index is -0.663. The quantitative estimate of drug-likeness (QED) is 0.736. The van der Waals surface area contributed by atoms with Crippen LogP contribution in [0.5, 0.6) is 0 Å². The van der Waals surface area contributed by atoms with Crippen LogP contribution in [0.15, 0.2) is 42.5 Å². The van der Waals surface area contributed by atoms with E-state index in [9.17, 15) is 14.0 Å². The fourth-order valence-electron chi connectivity index (χ4n) is 2.39.